The van der Waals surface area contributed by atoms with E-state index in [0.717, 1.165) is 51.4 Å². The Bertz CT molecular complexity index is 513. The summed E-state index contributed by atoms with van der Waals surface area (Å²) in [6.45, 7) is 2.76. The molecular formula is C27H45NO2. The number of carbonyl (C=O) groups is 1. The Kier molecular flexibility index (Phi) is 17.9. The fraction of sp³-hybridized carbons (Fsp3) is 0.667. The number of hydrogen-bond donors (Lipinski definition) is 1. The summed E-state index contributed by atoms with van der Waals surface area (Å²) >= 11 is 0. The molecule has 30 heavy (non-hydrogen) atoms. The van der Waals surface area contributed by atoms with E-state index in [-0.39, 0.29) is 6.09 Å². The molecule has 1 aliphatic rings. The van der Waals surface area contributed by atoms with Crippen molar-refractivity contribution in [3.8, 4) is 0 Å². The van der Waals surface area contributed by atoms with Gasteiger partial charge < -0.3 is 10.1 Å². The Balaban J connectivity index is 1.87. The minimum absolute atomic E-state index is 0.236. The van der Waals surface area contributed by atoms with Crippen LogP contribution in [-0.2, 0) is 4.74 Å². The van der Waals surface area contributed by atoms with Crippen LogP contribution >= 0.6 is 0 Å². The van der Waals surface area contributed by atoms with Crippen molar-refractivity contribution in [2.75, 3.05) is 6.61 Å². The second-order valence-electron chi connectivity index (χ2n) is 8.20. The largest absolute Gasteiger partial charge is 0.450 e. The lowest BCUT2D eigenvalue weighted by Crippen LogP contribution is -2.36. The maximum absolute atomic E-state index is 11.7. The molecule has 0 bridgehead atoms. The minimum atomic E-state index is -0.236. The number of ether oxygens (including phenoxy) is 1. The Morgan fingerprint density at radius 3 is 1.87 bits per heavy atom. The summed E-state index contributed by atoms with van der Waals surface area (Å²) in [5, 5.41) is 2.99. The number of hydrogen-bond acceptors (Lipinski definition) is 2. The molecular weight excluding hydrogens is 370 g/mol. The summed E-state index contributed by atoms with van der Waals surface area (Å²) in [5.74, 6) is 0. The molecule has 0 spiro atoms. The lowest BCUT2D eigenvalue weighted by Gasteiger charge is -2.22. The zero-order valence-corrected chi connectivity index (χ0v) is 19.3. The molecule has 1 rings (SSSR count). The van der Waals surface area contributed by atoms with E-state index >= 15 is 0 Å². The van der Waals surface area contributed by atoms with Crippen LogP contribution in [0.2, 0.25) is 0 Å². The van der Waals surface area contributed by atoms with Gasteiger partial charge in [0.05, 0.1) is 6.61 Å². The average Bonchev–Trinajstić information content (AvgIpc) is 2.76. The van der Waals surface area contributed by atoms with Crippen molar-refractivity contribution in [1.82, 2.24) is 5.32 Å². The van der Waals surface area contributed by atoms with Crippen molar-refractivity contribution in [2.24, 2.45) is 0 Å². The Morgan fingerprint density at radius 1 is 0.767 bits per heavy atom. The molecule has 0 heterocycles. The predicted molar refractivity (Wildman–Crippen MR) is 130 cm³/mol. The maximum Gasteiger partial charge on any atom is 0.407 e. The van der Waals surface area contributed by atoms with Crippen molar-refractivity contribution in [1.29, 1.82) is 0 Å². The zero-order chi connectivity index (χ0) is 21.5. The highest BCUT2D eigenvalue weighted by atomic mass is 16.5. The zero-order valence-electron chi connectivity index (χ0n) is 19.3. The number of allylic oxidation sites excluding steroid dienone is 8. The highest BCUT2D eigenvalue weighted by molar-refractivity contribution is 5.67. The number of unbranched alkanes of at least 4 members (excludes halogenated alkanes) is 5. The van der Waals surface area contributed by atoms with Gasteiger partial charge in [-0.05, 0) is 64.2 Å². The fourth-order valence-corrected chi connectivity index (χ4v) is 3.55. The second-order valence-corrected chi connectivity index (χ2v) is 8.20. The molecule has 3 heteroatoms. The van der Waals surface area contributed by atoms with Crippen molar-refractivity contribution < 1.29 is 9.53 Å². The number of rotatable bonds is 16. The van der Waals surface area contributed by atoms with E-state index in [9.17, 15) is 4.79 Å². The van der Waals surface area contributed by atoms with Gasteiger partial charge in [-0.2, -0.15) is 0 Å². The molecule has 0 aromatic rings. The van der Waals surface area contributed by atoms with Crippen molar-refractivity contribution in [3.63, 3.8) is 0 Å². The standard InChI is InChI=1S/C27H45NO2/c1-2-3-4-5-6-7-8-9-10-11-12-13-14-15-16-17-18-22-25-30-27(29)28-26-23-20-19-21-24-26/h6-7,9-10,12-13,15-16,26H,2-5,8,11,14,17-25H2,1H3,(H,28,29)/b7-6-,10-9-,13-12-,16-15-. The van der Waals surface area contributed by atoms with Gasteiger partial charge in [-0.3, -0.25) is 0 Å². The normalized spacial score (nSPS) is 15.8. The first-order chi connectivity index (χ1) is 14.8. The van der Waals surface area contributed by atoms with Crippen LogP contribution in [0.1, 0.15) is 103 Å². The molecule has 1 aliphatic carbocycles. The van der Waals surface area contributed by atoms with Gasteiger partial charge in [0, 0.05) is 6.04 Å². The third kappa shape index (κ3) is 17.1. The van der Waals surface area contributed by atoms with Crippen LogP contribution in [0, 0.1) is 0 Å². The van der Waals surface area contributed by atoms with E-state index in [1.54, 1.807) is 0 Å². The lowest BCUT2D eigenvalue weighted by atomic mass is 9.96. The molecule has 3 nitrogen and oxygen atoms in total. The van der Waals surface area contributed by atoms with Crippen LogP contribution in [0.4, 0.5) is 4.79 Å². The summed E-state index contributed by atoms with van der Waals surface area (Å²) in [5.41, 5.74) is 0. The molecule has 1 N–H and O–H groups in total. The van der Waals surface area contributed by atoms with Gasteiger partial charge in [0.15, 0.2) is 0 Å². The third-order valence-corrected chi connectivity index (χ3v) is 5.38. The molecule has 0 unspecified atom stereocenters. The molecule has 1 amide bonds. The SMILES string of the molecule is CCCCC/C=C\C/C=C\C/C=C\C/C=C\CCCCOC(=O)NC1CCCCC1. The number of amides is 1. The van der Waals surface area contributed by atoms with Gasteiger partial charge in [0.2, 0.25) is 0 Å². The molecule has 170 valence electrons. The van der Waals surface area contributed by atoms with E-state index in [1.165, 1.54) is 44.9 Å². The molecule has 0 aliphatic heterocycles. The van der Waals surface area contributed by atoms with E-state index in [0.29, 0.717) is 12.6 Å². The van der Waals surface area contributed by atoms with Gasteiger partial charge >= 0.3 is 6.09 Å². The summed E-state index contributed by atoms with van der Waals surface area (Å²) in [6, 6.07) is 0.329. The van der Waals surface area contributed by atoms with E-state index in [1.807, 2.05) is 0 Å². The number of nitrogens with one attached hydrogen (secondary N) is 1. The van der Waals surface area contributed by atoms with Crippen LogP contribution in [0.3, 0.4) is 0 Å². The predicted octanol–water partition coefficient (Wildman–Crippen LogP) is 8.19. The van der Waals surface area contributed by atoms with Crippen LogP contribution in [0.5, 0.6) is 0 Å². The van der Waals surface area contributed by atoms with Gasteiger partial charge in [0.1, 0.15) is 0 Å². The van der Waals surface area contributed by atoms with Crippen molar-refractivity contribution in [3.05, 3.63) is 48.6 Å². The molecule has 1 saturated carbocycles. The average molecular weight is 416 g/mol. The fourth-order valence-electron chi connectivity index (χ4n) is 3.55. The van der Waals surface area contributed by atoms with Crippen LogP contribution in [0.25, 0.3) is 0 Å². The van der Waals surface area contributed by atoms with Crippen LogP contribution in [0.15, 0.2) is 48.6 Å². The highest BCUT2D eigenvalue weighted by Crippen LogP contribution is 2.17. The quantitative estimate of drug-likeness (QED) is 0.204. The first-order valence-corrected chi connectivity index (χ1v) is 12.4. The Morgan fingerprint density at radius 2 is 1.30 bits per heavy atom. The third-order valence-electron chi connectivity index (χ3n) is 5.38. The first-order valence-electron chi connectivity index (χ1n) is 12.4. The van der Waals surface area contributed by atoms with Crippen LogP contribution < -0.4 is 5.32 Å². The molecule has 0 aromatic carbocycles. The molecule has 1 fully saturated rings. The van der Waals surface area contributed by atoms with E-state index in [2.05, 4.69) is 60.8 Å². The monoisotopic (exact) mass is 415 g/mol. The van der Waals surface area contributed by atoms with Gasteiger partial charge in [-0.15, -0.1) is 0 Å². The van der Waals surface area contributed by atoms with Gasteiger partial charge in [-0.1, -0.05) is 87.6 Å². The topological polar surface area (TPSA) is 38.3 Å². The smallest absolute Gasteiger partial charge is 0.407 e. The van der Waals surface area contributed by atoms with Gasteiger partial charge in [-0.25, -0.2) is 4.79 Å². The molecule has 0 atom stereocenters. The van der Waals surface area contributed by atoms with Crippen molar-refractivity contribution in [2.45, 2.75) is 109 Å². The van der Waals surface area contributed by atoms with Gasteiger partial charge in [0.25, 0.3) is 0 Å². The molecule has 0 saturated heterocycles. The first kappa shape index (κ1) is 26.3. The Hall–Kier alpha value is -1.77. The number of carbonyl (C=O) groups excluding carboxylic acids is 1. The van der Waals surface area contributed by atoms with Crippen molar-refractivity contribution >= 4 is 6.09 Å². The summed E-state index contributed by atoms with van der Waals surface area (Å²) < 4.78 is 5.28. The number of alkyl carbamates (subject to hydrolysis) is 1. The summed E-state index contributed by atoms with van der Waals surface area (Å²) in [7, 11) is 0. The van der Waals surface area contributed by atoms with E-state index < -0.39 is 0 Å². The lowest BCUT2D eigenvalue weighted by molar-refractivity contribution is 0.137. The minimum Gasteiger partial charge on any atom is -0.450 e. The van der Waals surface area contributed by atoms with E-state index in [4.69, 9.17) is 4.74 Å². The Labute approximate surface area is 185 Å². The summed E-state index contributed by atoms with van der Waals surface area (Å²) in [4.78, 5) is 11.7. The molecule has 0 radical (unpaired) electrons. The van der Waals surface area contributed by atoms with Crippen LogP contribution in [-0.4, -0.2) is 18.7 Å². The maximum atomic E-state index is 11.7. The summed E-state index contributed by atoms with van der Waals surface area (Å²) in [6.07, 6.45) is 34.9. The molecule has 0 aromatic heterocycles. The highest BCUT2D eigenvalue weighted by Gasteiger charge is 2.15. The second kappa shape index (κ2) is 20.5.